The van der Waals surface area contributed by atoms with Gasteiger partial charge < -0.3 is 14.4 Å². The Morgan fingerprint density at radius 1 is 1.43 bits per heavy atom. The lowest BCUT2D eigenvalue weighted by molar-refractivity contribution is -0.00468. The van der Waals surface area contributed by atoms with Crippen molar-refractivity contribution in [2.45, 2.75) is 52.2 Å². The molecule has 0 N–H and O–H groups in total. The Bertz CT molecular complexity index is 502. The van der Waals surface area contributed by atoms with Crippen LogP contribution in [0.3, 0.4) is 0 Å². The normalized spacial score (nSPS) is 20.2. The molecule has 1 amide bonds. The maximum absolute atomic E-state index is 12.2. The standard InChI is InChI=1S/C17H27N3O3/c1-13(15-10-18-7-8-19-15)22-12-14-6-5-9-20(11-14)16(21)23-17(2,3)4/h7-8,10,13-14H,5-6,9,11-12H2,1-4H3/t13-,14-/m0/s1. The highest BCUT2D eigenvalue weighted by atomic mass is 16.6. The monoisotopic (exact) mass is 321 g/mol. The molecule has 2 atom stereocenters. The third-order valence-electron chi connectivity index (χ3n) is 3.75. The molecule has 0 aliphatic carbocycles. The van der Waals surface area contributed by atoms with E-state index in [0.29, 0.717) is 19.1 Å². The third kappa shape index (κ3) is 5.78. The van der Waals surface area contributed by atoms with Gasteiger partial charge in [-0.1, -0.05) is 0 Å². The minimum absolute atomic E-state index is 0.0967. The van der Waals surface area contributed by atoms with Crippen LogP contribution in [0, 0.1) is 5.92 Å². The van der Waals surface area contributed by atoms with Gasteiger partial charge in [-0.15, -0.1) is 0 Å². The van der Waals surface area contributed by atoms with Crippen molar-refractivity contribution in [2.75, 3.05) is 19.7 Å². The van der Waals surface area contributed by atoms with Crippen LogP contribution < -0.4 is 0 Å². The molecular formula is C17H27N3O3. The van der Waals surface area contributed by atoms with Gasteiger partial charge in [0, 0.05) is 31.4 Å². The van der Waals surface area contributed by atoms with E-state index >= 15 is 0 Å². The fourth-order valence-corrected chi connectivity index (χ4v) is 2.58. The molecule has 0 aromatic carbocycles. The van der Waals surface area contributed by atoms with Crippen LogP contribution in [-0.4, -0.2) is 46.3 Å². The SMILES string of the molecule is C[C@H](OC[C@H]1CCCN(C(=O)OC(C)(C)C)C1)c1cnccn1. The van der Waals surface area contributed by atoms with Crippen molar-refractivity contribution in [3.63, 3.8) is 0 Å². The molecule has 0 spiro atoms. The summed E-state index contributed by atoms with van der Waals surface area (Å²) in [5.41, 5.74) is 0.369. The number of ether oxygens (including phenoxy) is 2. The maximum Gasteiger partial charge on any atom is 0.410 e. The first-order valence-corrected chi connectivity index (χ1v) is 8.20. The Morgan fingerprint density at radius 3 is 2.87 bits per heavy atom. The molecule has 0 saturated carbocycles. The van der Waals surface area contributed by atoms with E-state index in [-0.39, 0.29) is 12.2 Å². The lowest BCUT2D eigenvalue weighted by atomic mass is 9.99. The number of nitrogens with zero attached hydrogens (tertiary/aromatic N) is 3. The van der Waals surface area contributed by atoms with Crippen molar-refractivity contribution in [1.29, 1.82) is 0 Å². The molecule has 1 aromatic rings. The molecule has 0 radical (unpaired) electrons. The van der Waals surface area contributed by atoms with Gasteiger partial charge in [0.05, 0.1) is 24.6 Å². The molecule has 1 saturated heterocycles. The van der Waals surface area contributed by atoms with Gasteiger partial charge in [0.25, 0.3) is 0 Å². The van der Waals surface area contributed by atoms with Crippen LogP contribution in [0.15, 0.2) is 18.6 Å². The molecule has 1 aromatic heterocycles. The Kier molecular flexibility index (Phi) is 5.93. The number of amides is 1. The first-order chi connectivity index (χ1) is 10.8. The Labute approximate surface area is 138 Å². The van der Waals surface area contributed by atoms with Crippen LogP contribution in [0.25, 0.3) is 0 Å². The van der Waals surface area contributed by atoms with E-state index in [0.717, 1.165) is 25.1 Å². The second-order valence-corrected chi connectivity index (χ2v) is 7.04. The number of aromatic nitrogens is 2. The van der Waals surface area contributed by atoms with E-state index in [1.54, 1.807) is 23.5 Å². The Hall–Kier alpha value is -1.69. The number of likely N-dealkylation sites (tertiary alicyclic amines) is 1. The minimum atomic E-state index is -0.457. The first kappa shape index (κ1) is 17.7. The van der Waals surface area contributed by atoms with Gasteiger partial charge in [0.15, 0.2) is 0 Å². The van der Waals surface area contributed by atoms with Crippen molar-refractivity contribution in [3.8, 4) is 0 Å². The molecule has 0 unspecified atom stereocenters. The number of hydrogen-bond acceptors (Lipinski definition) is 5. The molecular weight excluding hydrogens is 294 g/mol. The zero-order chi connectivity index (χ0) is 16.9. The molecule has 2 heterocycles. The van der Waals surface area contributed by atoms with Gasteiger partial charge in [-0.2, -0.15) is 0 Å². The summed E-state index contributed by atoms with van der Waals surface area (Å²) in [5.74, 6) is 0.329. The highest BCUT2D eigenvalue weighted by molar-refractivity contribution is 5.68. The zero-order valence-electron chi connectivity index (χ0n) is 14.5. The van der Waals surface area contributed by atoms with E-state index in [1.807, 2.05) is 27.7 Å². The van der Waals surface area contributed by atoms with Crippen LogP contribution in [0.5, 0.6) is 0 Å². The average Bonchev–Trinajstić information content (AvgIpc) is 2.52. The van der Waals surface area contributed by atoms with Gasteiger partial charge in [-0.25, -0.2) is 4.79 Å². The van der Waals surface area contributed by atoms with Crippen LogP contribution in [0.4, 0.5) is 4.79 Å². The highest BCUT2D eigenvalue weighted by Gasteiger charge is 2.28. The molecule has 1 aliphatic rings. The largest absolute Gasteiger partial charge is 0.444 e. The predicted octanol–water partition coefficient (Wildman–Crippen LogP) is 3.20. The highest BCUT2D eigenvalue weighted by Crippen LogP contribution is 2.22. The minimum Gasteiger partial charge on any atom is -0.444 e. The quantitative estimate of drug-likeness (QED) is 0.852. The molecule has 23 heavy (non-hydrogen) atoms. The molecule has 1 fully saturated rings. The summed E-state index contributed by atoms with van der Waals surface area (Å²) in [7, 11) is 0. The van der Waals surface area contributed by atoms with Crippen LogP contribution in [-0.2, 0) is 9.47 Å². The van der Waals surface area contributed by atoms with Crippen molar-refractivity contribution < 1.29 is 14.3 Å². The fraction of sp³-hybridized carbons (Fsp3) is 0.706. The Morgan fingerprint density at radius 2 is 2.22 bits per heavy atom. The first-order valence-electron chi connectivity index (χ1n) is 8.20. The average molecular weight is 321 g/mol. The number of carbonyl (C=O) groups is 1. The summed E-state index contributed by atoms with van der Waals surface area (Å²) in [6.07, 6.45) is 6.75. The van der Waals surface area contributed by atoms with Gasteiger partial charge in [-0.05, 0) is 40.5 Å². The third-order valence-corrected chi connectivity index (χ3v) is 3.75. The lowest BCUT2D eigenvalue weighted by Gasteiger charge is -2.34. The fourth-order valence-electron chi connectivity index (χ4n) is 2.58. The number of hydrogen-bond donors (Lipinski definition) is 0. The predicted molar refractivity (Wildman–Crippen MR) is 86.9 cm³/mol. The summed E-state index contributed by atoms with van der Waals surface area (Å²) in [6.45, 7) is 9.68. The summed E-state index contributed by atoms with van der Waals surface area (Å²) in [6, 6.07) is 0. The molecule has 6 nitrogen and oxygen atoms in total. The van der Waals surface area contributed by atoms with Crippen molar-refractivity contribution >= 4 is 6.09 Å². The molecule has 128 valence electrons. The molecule has 0 bridgehead atoms. The maximum atomic E-state index is 12.2. The van der Waals surface area contributed by atoms with E-state index in [1.165, 1.54) is 0 Å². The van der Waals surface area contributed by atoms with Gasteiger partial charge in [0.2, 0.25) is 0 Å². The van der Waals surface area contributed by atoms with Crippen molar-refractivity contribution in [1.82, 2.24) is 14.9 Å². The van der Waals surface area contributed by atoms with Crippen molar-refractivity contribution in [2.24, 2.45) is 5.92 Å². The van der Waals surface area contributed by atoms with E-state index < -0.39 is 5.60 Å². The second-order valence-electron chi connectivity index (χ2n) is 7.04. The molecule has 6 heteroatoms. The molecule has 1 aliphatic heterocycles. The Balaban J connectivity index is 1.81. The second kappa shape index (κ2) is 7.73. The topological polar surface area (TPSA) is 64.5 Å². The van der Waals surface area contributed by atoms with Gasteiger partial charge in [-0.3, -0.25) is 9.97 Å². The smallest absolute Gasteiger partial charge is 0.410 e. The van der Waals surface area contributed by atoms with Crippen molar-refractivity contribution in [3.05, 3.63) is 24.3 Å². The van der Waals surface area contributed by atoms with Crippen LogP contribution in [0.2, 0.25) is 0 Å². The zero-order valence-corrected chi connectivity index (χ0v) is 14.5. The summed E-state index contributed by atoms with van der Waals surface area (Å²) < 4.78 is 11.4. The summed E-state index contributed by atoms with van der Waals surface area (Å²) in [4.78, 5) is 22.3. The van der Waals surface area contributed by atoms with Gasteiger partial charge in [0.1, 0.15) is 5.60 Å². The van der Waals surface area contributed by atoms with E-state index in [9.17, 15) is 4.79 Å². The summed E-state index contributed by atoms with van der Waals surface area (Å²) in [5, 5.41) is 0. The number of piperidine rings is 1. The lowest BCUT2D eigenvalue weighted by Crippen LogP contribution is -2.43. The number of carbonyl (C=O) groups excluding carboxylic acids is 1. The van der Waals surface area contributed by atoms with Gasteiger partial charge >= 0.3 is 6.09 Å². The number of rotatable bonds is 4. The van der Waals surface area contributed by atoms with Crippen LogP contribution in [0.1, 0.15) is 52.3 Å². The van der Waals surface area contributed by atoms with E-state index in [2.05, 4.69) is 9.97 Å². The summed E-state index contributed by atoms with van der Waals surface area (Å²) >= 11 is 0. The van der Waals surface area contributed by atoms with Crippen LogP contribution >= 0.6 is 0 Å². The molecule has 2 rings (SSSR count). The van der Waals surface area contributed by atoms with E-state index in [4.69, 9.17) is 9.47 Å².